The predicted molar refractivity (Wildman–Crippen MR) is 168 cm³/mol. The number of nitrogens with zero attached hydrogens (tertiary/aromatic N) is 4. The quantitative estimate of drug-likeness (QED) is 0.402. The largest absolute Gasteiger partial charge is 0.446 e. The van der Waals surface area contributed by atoms with Crippen molar-refractivity contribution in [2.45, 2.75) is 123 Å². The lowest BCUT2D eigenvalue weighted by Crippen LogP contribution is -2.52. The minimum absolute atomic E-state index is 0.0479. The number of nitrogens with one attached hydrogen (secondary N) is 1. The Morgan fingerprint density at radius 1 is 1.02 bits per heavy atom. The molecule has 9 nitrogen and oxygen atoms in total. The molecule has 0 bridgehead atoms. The number of hydrogen-bond donors (Lipinski definition) is 1. The summed E-state index contributed by atoms with van der Waals surface area (Å²) >= 11 is 0. The number of benzene rings is 1. The third kappa shape index (κ3) is 5.82. The Bertz CT molecular complexity index is 1300. The zero-order valence-corrected chi connectivity index (χ0v) is 26.6. The summed E-state index contributed by atoms with van der Waals surface area (Å²) in [5.41, 5.74) is 6.70. The average molecular weight is 592 g/mol. The van der Waals surface area contributed by atoms with E-state index in [0.717, 1.165) is 36.2 Å². The molecular formula is C34H49N5O4. The Kier molecular flexibility index (Phi) is 8.57. The number of carbonyl (C=O) groups excluding carboxylic acids is 2. The predicted octanol–water partition coefficient (Wildman–Crippen LogP) is 6.71. The van der Waals surface area contributed by atoms with Crippen molar-refractivity contribution in [1.29, 1.82) is 0 Å². The van der Waals surface area contributed by atoms with Gasteiger partial charge in [0.1, 0.15) is 0 Å². The number of carbonyl (C=O) groups is 2. The van der Waals surface area contributed by atoms with Crippen molar-refractivity contribution in [3.05, 3.63) is 30.6 Å². The molecule has 2 aromatic rings. The molecule has 0 spiro atoms. The van der Waals surface area contributed by atoms with E-state index >= 15 is 0 Å². The smallest absolute Gasteiger partial charge is 0.414 e. The molecule has 4 aliphatic rings. The first kappa shape index (κ1) is 30.1. The van der Waals surface area contributed by atoms with Gasteiger partial charge in [-0.25, -0.2) is 4.79 Å². The standard InChI is InChI=1S/C34H49N5O4/c1-22(2)42-33(41)38-19-23(3)39(32(40)26-13-14-26)30-16-15-27(17-31(30)38)28-18-35-37(20-28)21-34(24(4)36-43-25(34)5)29-11-9-7-6-8-10-12-29/h15-18,20,22-26,29,36H,6-14,19,21H2,1-5H3/t23-,24?,25?,34?/m0/s1. The van der Waals surface area contributed by atoms with E-state index in [1.807, 2.05) is 50.1 Å². The van der Waals surface area contributed by atoms with Gasteiger partial charge >= 0.3 is 6.09 Å². The first-order valence-corrected chi connectivity index (χ1v) is 16.6. The maximum absolute atomic E-state index is 13.3. The van der Waals surface area contributed by atoms with E-state index in [4.69, 9.17) is 14.7 Å². The molecule has 2 aliphatic carbocycles. The summed E-state index contributed by atoms with van der Waals surface area (Å²) < 4.78 is 7.72. The molecule has 2 aliphatic heterocycles. The molecule has 3 heterocycles. The third-order valence-corrected chi connectivity index (χ3v) is 10.4. The van der Waals surface area contributed by atoms with Crippen molar-refractivity contribution < 1.29 is 19.2 Å². The van der Waals surface area contributed by atoms with E-state index in [9.17, 15) is 9.59 Å². The molecule has 1 saturated heterocycles. The first-order valence-electron chi connectivity index (χ1n) is 16.6. The van der Waals surface area contributed by atoms with E-state index in [2.05, 4.69) is 30.2 Å². The second-order valence-corrected chi connectivity index (χ2v) is 13.8. The maximum atomic E-state index is 13.3. The monoisotopic (exact) mass is 591 g/mol. The number of fused-ring (bicyclic) bond motifs is 1. The van der Waals surface area contributed by atoms with Gasteiger partial charge in [-0.05, 0) is 83.9 Å². The summed E-state index contributed by atoms with van der Waals surface area (Å²) in [5, 5.41) is 4.86. The van der Waals surface area contributed by atoms with Gasteiger partial charge in [0, 0.05) is 35.7 Å². The van der Waals surface area contributed by atoms with Gasteiger partial charge in [-0.15, -0.1) is 0 Å². The molecule has 1 aromatic carbocycles. The zero-order valence-electron chi connectivity index (χ0n) is 26.6. The fourth-order valence-corrected chi connectivity index (χ4v) is 7.83. The Labute approximate surface area is 256 Å². The molecule has 4 atom stereocenters. The molecule has 1 N–H and O–H groups in total. The number of ether oxygens (including phenoxy) is 1. The van der Waals surface area contributed by atoms with Crippen LogP contribution >= 0.6 is 0 Å². The van der Waals surface area contributed by atoms with Crippen LogP contribution in [0.25, 0.3) is 11.1 Å². The number of hydroxylamine groups is 1. The summed E-state index contributed by atoms with van der Waals surface area (Å²) in [4.78, 5) is 36.2. The van der Waals surface area contributed by atoms with Crippen LogP contribution in [0.15, 0.2) is 30.6 Å². The fraction of sp³-hybridized carbons (Fsp3) is 0.676. The van der Waals surface area contributed by atoms with Crippen molar-refractivity contribution in [1.82, 2.24) is 15.3 Å². The molecule has 43 heavy (non-hydrogen) atoms. The topological polar surface area (TPSA) is 88.9 Å². The zero-order chi connectivity index (χ0) is 30.3. The SMILES string of the molecule is CC(C)OC(=O)N1C[C@H](C)N(C(=O)C2CC2)c2ccc(-c3cnn(CC4(C5CCCCCCC5)C(C)NOC4C)c3)cc21. The van der Waals surface area contributed by atoms with Gasteiger partial charge in [0.15, 0.2) is 0 Å². The average Bonchev–Trinajstić information content (AvgIpc) is 3.64. The number of anilines is 2. The summed E-state index contributed by atoms with van der Waals surface area (Å²) in [6.07, 6.45) is 14.4. The van der Waals surface area contributed by atoms with Crippen molar-refractivity contribution in [3.63, 3.8) is 0 Å². The molecule has 3 unspecified atom stereocenters. The minimum atomic E-state index is -0.382. The van der Waals surface area contributed by atoms with Crippen LogP contribution in [0.5, 0.6) is 0 Å². The number of hydrogen-bond acceptors (Lipinski definition) is 6. The lowest BCUT2D eigenvalue weighted by molar-refractivity contribution is -0.120. The van der Waals surface area contributed by atoms with E-state index in [1.54, 1.807) is 4.90 Å². The highest BCUT2D eigenvalue weighted by Crippen LogP contribution is 2.48. The van der Waals surface area contributed by atoms with Crippen LogP contribution in [0.4, 0.5) is 16.2 Å². The summed E-state index contributed by atoms with van der Waals surface area (Å²) in [6.45, 7) is 11.4. The van der Waals surface area contributed by atoms with Gasteiger partial charge in [0.05, 0.1) is 42.4 Å². The molecule has 0 radical (unpaired) electrons. The van der Waals surface area contributed by atoms with E-state index in [1.165, 1.54) is 44.9 Å². The van der Waals surface area contributed by atoms with Crippen LogP contribution in [0, 0.1) is 17.3 Å². The van der Waals surface area contributed by atoms with Crippen molar-refractivity contribution in [2.24, 2.45) is 17.3 Å². The van der Waals surface area contributed by atoms with Crippen molar-refractivity contribution >= 4 is 23.4 Å². The van der Waals surface area contributed by atoms with Crippen LogP contribution in [-0.4, -0.2) is 52.6 Å². The number of amides is 2. The number of aromatic nitrogens is 2. The molecule has 3 fully saturated rings. The molecular weight excluding hydrogens is 542 g/mol. The van der Waals surface area contributed by atoms with Crippen LogP contribution < -0.4 is 15.3 Å². The van der Waals surface area contributed by atoms with Crippen LogP contribution in [0.3, 0.4) is 0 Å². The molecule has 234 valence electrons. The molecule has 2 saturated carbocycles. The highest BCUT2D eigenvalue weighted by Gasteiger charge is 2.53. The molecule has 9 heteroatoms. The molecule has 2 amide bonds. The fourth-order valence-electron chi connectivity index (χ4n) is 7.83. The Morgan fingerprint density at radius 2 is 1.74 bits per heavy atom. The van der Waals surface area contributed by atoms with Gasteiger partial charge in [-0.3, -0.25) is 19.2 Å². The Morgan fingerprint density at radius 3 is 2.40 bits per heavy atom. The van der Waals surface area contributed by atoms with Gasteiger partial charge in [-0.1, -0.05) is 38.2 Å². The lowest BCUT2D eigenvalue weighted by atomic mass is 9.64. The van der Waals surface area contributed by atoms with Gasteiger partial charge in [-0.2, -0.15) is 10.6 Å². The van der Waals surface area contributed by atoms with E-state index in [0.29, 0.717) is 18.2 Å². The van der Waals surface area contributed by atoms with E-state index in [-0.39, 0.29) is 47.6 Å². The van der Waals surface area contributed by atoms with Crippen molar-refractivity contribution in [3.8, 4) is 11.1 Å². The normalized spacial score (nSPS) is 28.5. The van der Waals surface area contributed by atoms with Crippen LogP contribution in [0.1, 0.15) is 92.4 Å². The Hall–Kier alpha value is -2.91. The second-order valence-electron chi connectivity index (χ2n) is 13.8. The van der Waals surface area contributed by atoms with Gasteiger partial charge in [0.25, 0.3) is 0 Å². The third-order valence-electron chi connectivity index (χ3n) is 10.4. The van der Waals surface area contributed by atoms with E-state index < -0.39 is 0 Å². The lowest BCUT2D eigenvalue weighted by Gasteiger charge is -2.43. The summed E-state index contributed by atoms with van der Waals surface area (Å²) in [6, 6.07) is 6.15. The number of rotatable bonds is 6. The summed E-state index contributed by atoms with van der Waals surface area (Å²) in [5.74, 6) is 0.814. The summed E-state index contributed by atoms with van der Waals surface area (Å²) in [7, 11) is 0. The maximum Gasteiger partial charge on any atom is 0.414 e. The Balaban J connectivity index is 1.31. The highest BCUT2D eigenvalue weighted by molar-refractivity contribution is 6.05. The van der Waals surface area contributed by atoms with Crippen LogP contribution in [0.2, 0.25) is 0 Å². The van der Waals surface area contributed by atoms with Crippen LogP contribution in [-0.2, 0) is 20.9 Å². The van der Waals surface area contributed by atoms with Crippen molar-refractivity contribution in [2.75, 3.05) is 16.3 Å². The molecule has 1 aromatic heterocycles. The first-order chi connectivity index (χ1) is 20.7. The van der Waals surface area contributed by atoms with Gasteiger partial charge in [0.2, 0.25) is 5.91 Å². The minimum Gasteiger partial charge on any atom is -0.446 e. The highest BCUT2D eigenvalue weighted by atomic mass is 16.7. The second kappa shape index (κ2) is 12.2. The van der Waals surface area contributed by atoms with Gasteiger partial charge < -0.3 is 9.64 Å². The molecule has 6 rings (SSSR count).